The lowest BCUT2D eigenvalue weighted by Gasteiger charge is -1.75. The number of aliphatic imine (C=N–C) groups is 1. The predicted octanol–water partition coefficient (Wildman–Crippen LogP) is 1.74. The van der Waals surface area contributed by atoms with Crippen molar-refractivity contribution in [2.45, 2.75) is 0 Å². The zero-order valence-electron chi connectivity index (χ0n) is 5.39. The molecule has 0 radical (unpaired) electrons. The van der Waals surface area contributed by atoms with Crippen LogP contribution < -0.4 is 0 Å². The molecule has 0 aliphatic rings. The van der Waals surface area contributed by atoms with Gasteiger partial charge in [0.05, 0.1) is 5.69 Å². The number of hydrogen-bond acceptors (Lipinski definition) is 4. The Hall–Kier alpha value is -1.46. The van der Waals surface area contributed by atoms with E-state index in [4.69, 9.17) is 0 Å². The minimum Gasteiger partial charge on any atom is -0.211 e. The first-order chi connectivity index (χ1) is 5.36. The summed E-state index contributed by atoms with van der Waals surface area (Å²) in [6.07, 6.45) is 2.84. The van der Waals surface area contributed by atoms with Gasteiger partial charge in [0.15, 0.2) is 0 Å². The fraction of sp³-hybridized carbons (Fsp3) is 0. The van der Waals surface area contributed by atoms with Gasteiger partial charge in [-0.15, -0.1) is 0 Å². The van der Waals surface area contributed by atoms with Crippen LogP contribution in [0.1, 0.15) is 0 Å². The Morgan fingerprint density at radius 1 is 1.36 bits per heavy atom. The van der Waals surface area contributed by atoms with Crippen LogP contribution in [0.5, 0.6) is 0 Å². The minimum atomic E-state index is -0.910. The Balaban J connectivity index is 2.98. The number of rotatable bonds is 2. The smallest absolute Gasteiger partial charge is 0.211 e. The Bertz CT molecular complexity index is 313. The zero-order chi connectivity index (χ0) is 8.10. The largest absolute Gasteiger partial charge is 0.243 e. The van der Waals surface area contributed by atoms with Crippen LogP contribution in [0.4, 0.5) is 5.69 Å². The van der Waals surface area contributed by atoms with Crippen LogP contribution in [0.2, 0.25) is 0 Å². The van der Waals surface area contributed by atoms with Gasteiger partial charge in [0.1, 0.15) is 0 Å². The van der Waals surface area contributed by atoms with E-state index in [1.54, 1.807) is 17.7 Å². The van der Waals surface area contributed by atoms with Gasteiger partial charge in [-0.3, -0.25) is 0 Å². The van der Waals surface area contributed by atoms with E-state index < -0.39 is 7.68 Å². The van der Waals surface area contributed by atoms with E-state index in [9.17, 15) is 9.59 Å². The molecule has 0 amide bonds. The van der Waals surface area contributed by atoms with Crippen LogP contribution in [0.15, 0.2) is 27.4 Å². The molecule has 0 saturated heterocycles. The highest BCUT2D eigenvalue weighted by Crippen LogP contribution is 2.33. The molecule has 0 aliphatic heterocycles. The first-order valence-electron chi connectivity index (χ1n) is 2.71. The van der Waals surface area contributed by atoms with Crippen molar-refractivity contribution >= 4 is 25.5 Å². The van der Waals surface area contributed by atoms with Gasteiger partial charge in [0.2, 0.25) is 12.2 Å². The van der Waals surface area contributed by atoms with Crippen molar-refractivity contribution in [3.63, 3.8) is 0 Å². The monoisotopic (exact) mass is 166 g/mol. The summed E-state index contributed by atoms with van der Waals surface area (Å²) in [4.78, 5) is 22.9. The van der Waals surface area contributed by atoms with E-state index in [1.807, 2.05) is 0 Å². The standard InChI is InChI=1S/C6H3N2O2P/c9-4-7-6-1-2-11(3-6)8-5-10/h1-3H. The maximum atomic E-state index is 9.78. The molecule has 1 aromatic rings. The third-order valence-electron chi connectivity index (χ3n) is 0.994. The van der Waals surface area contributed by atoms with Crippen molar-refractivity contribution in [1.82, 2.24) is 0 Å². The maximum Gasteiger partial charge on any atom is 0.243 e. The van der Waals surface area contributed by atoms with Crippen LogP contribution in [-0.4, -0.2) is 12.2 Å². The average Bonchev–Trinajstić information content (AvgIpc) is 2.38. The SMILES string of the molecule is O=C=Nc1ccp(N=C=O)c1. The Labute approximate surface area is 63.4 Å². The topological polar surface area (TPSA) is 58.9 Å². The first-order valence-corrected chi connectivity index (χ1v) is 4.14. The summed E-state index contributed by atoms with van der Waals surface area (Å²) in [7, 11) is -0.910. The molecule has 0 fully saturated rings. The van der Waals surface area contributed by atoms with Crippen LogP contribution in [-0.2, 0) is 9.59 Å². The molecule has 1 unspecified atom stereocenters. The van der Waals surface area contributed by atoms with Crippen molar-refractivity contribution in [2.75, 3.05) is 0 Å². The van der Waals surface area contributed by atoms with Crippen molar-refractivity contribution < 1.29 is 9.59 Å². The molecule has 1 atom stereocenters. The van der Waals surface area contributed by atoms with Crippen molar-refractivity contribution in [3.05, 3.63) is 17.7 Å². The molecule has 1 rings (SSSR count). The molecule has 0 N–H and O–H groups in total. The lowest BCUT2D eigenvalue weighted by atomic mass is 10.6. The Morgan fingerprint density at radius 2 is 2.18 bits per heavy atom. The third kappa shape index (κ3) is 1.99. The Morgan fingerprint density at radius 3 is 2.82 bits per heavy atom. The molecule has 0 spiro atoms. The highest BCUT2D eigenvalue weighted by atomic mass is 31.1. The first kappa shape index (κ1) is 7.64. The van der Waals surface area contributed by atoms with Gasteiger partial charge in [0.25, 0.3) is 0 Å². The molecule has 0 aromatic carbocycles. The summed E-state index contributed by atoms with van der Waals surface area (Å²) in [6, 6.07) is 1.62. The number of carbonyl (C=O) groups excluding carboxylic acids is 2. The molecule has 4 nitrogen and oxygen atoms in total. The second-order valence-corrected chi connectivity index (χ2v) is 3.16. The molecule has 11 heavy (non-hydrogen) atoms. The van der Waals surface area contributed by atoms with Gasteiger partial charge in [0, 0.05) is 13.5 Å². The lowest BCUT2D eigenvalue weighted by molar-refractivity contribution is 0.565. The molecule has 0 saturated carbocycles. The second kappa shape index (κ2) is 3.65. The molecule has 0 bridgehead atoms. The summed E-state index contributed by atoms with van der Waals surface area (Å²) in [5.41, 5.74) is 0.505. The number of isocyanates is 2. The normalized spacial score (nSPS) is 9.64. The van der Waals surface area contributed by atoms with Gasteiger partial charge < -0.3 is 0 Å². The summed E-state index contributed by atoms with van der Waals surface area (Å²) in [5.74, 6) is 3.33. The summed E-state index contributed by atoms with van der Waals surface area (Å²) in [6.45, 7) is 0. The van der Waals surface area contributed by atoms with Crippen LogP contribution >= 0.6 is 7.68 Å². The maximum absolute atomic E-state index is 9.78. The minimum absolute atomic E-state index is 0.505. The van der Waals surface area contributed by atoms with E-state index in [-0.39, 0.29) is 0 Å². The van der Waals surface area contributed by atoms with Gasteiger partial charge in [-0.1, -0.05) is 0 Å². The molecule has 1 aromatic heterocycles. The van der Waals surface area contributed by atoms with Crippen molar-refractivity contribution in [3.8, 4) is 0 Å². The van der Waals surface area contributed by atoms with E-state index in [0.717, 1.165) is 0 Å². The van der Waals surface area contributed by atoms with Gasteiger partial charge >= 0.3 is 0 Å². The van der Waals surface area contributed by atoms with Crippen LogP contribution in [0.3, 0.4) is 0 Å². The van der Waals surface area contributed by atoms with Crippen LogP contribution in [0, 0.1) is 0 Å². The van der Waals surface area contributed by atoms with E-state index >= 15 is 0 Å². The molecular formula is C6H3N2O2P. The number of nitrogens with zero attached hydrogens (tertiary/aromatic N) is 2. The fourth-order valence-corrected chi connectivity index (χ4v) is 1.63. The van der Waals surface area contributed by atoms with Crippen LogP contribution in [0.25, 0.3) is 0 Å². The Kier molecular flexibility index (Phi) is 2.53. The molecule has 54 valence electrons. The van der Waals surface area contributed by atoms with E-state index in [2.05, 4.69) is 9.76 Å². The zero-order valence-corrected chi connectivity index (χ0v) is 6.28. The third-order valence-corrected chi connectivity index (χ3v) is 2.29. The highest BCUT2D eigenvalue weighted by Gasteiger charge is 1.92. The molecule has 1 heterocycles. The summed E-state index contributed by atoms with van der Waals surface area (Å²) in [5, 5.41) is 0. The van der Waals surface area contributed by atoms with Crippen molar-refractivity contribution in [1.29, 1.82) is 0 Å². The summed E-state index contributed by atoms with van der Waals surface area (Å²) < 4.78 is 3.46. The van der Waals surface area contributed by atoms with Gasteiger partial charge in [-0.2, -0.15) is 9.76 Å². The molecule has 5 heteroatoms. The molecule has 0 aliphatic carbocycles. The van der Waals surface area contributed by atoms with E-state index in [0.29, 0.717) is 5.69 Å². The quantitative estimate of drug-likeness (QED) is 0.496. The lowest BCUT2D eigenvalue weighted by Crippen LogP contribution is -1.48. The molecular weight excluding hydrogens is 163 g/mol. The summed E-state index contributed by atoms with van der Waals surface area (Å²) >= 11 is 0. The fourth-order valence-electron chi connectivity index (χ4n) is 0.603. The van der Waals surface area contributed by atoms with Gasteiger partial charge in [-0.05, 0) is 11.9 Å². The predicted molar refractivity (Wildman–Crippen MR) is 40.5 cm³/mol. The number of hydrogen-bond donors (Lipinski definition) is 0. The van der Waals surface area contributed by atoms with E-state index in [1.165, 1.54) is 12.2 Å². The van der Waals surface area contributed by atoms with Crippen molar-refractivity contribution in [2.24, 2.45) is 9.76 Å². The van der Waals surface area contributed by atoms with Gasteiger partial charge in [-0.25, -0.2) is 9.59 Å². The highest BCUT2D eigenvalue weighted by molar-refractivity contribution is 7.47. The second-order valence-electron chi connectivity index (χ2n) is 1.64. The average molecular weight is 166 g/mol.